The molecule has 10 heteroatoms. The van der Waals surface area contributed by atoms with Gasteiger partial charge in [0.1, 0.15) is 14.8 Å². The van der Waals surface area contributed by atoms with Gasteiger partial charge in [-0.1, -0.05) is 33.8 Å². The van der Waals surface area contributed by atoms with Crippen molar-refractivity contribution in [2.75, 3.05) is 5.32 Å². The van der Waals surface area contributed by atoms with Crippen LogP contribution in [0.2, 0.25) is 0 Å². The largest absolute Gasteiger partial charge is 0.383 e. The van der Waals surface area contributed by atoms with E-state index in [1.807, 2.05) is 27.7 Å². The molecular formula is C20H27N5O3S2. The molecule has 0 fully saturated rings. The molecule has 1 atom stereocenters. The number of hydrogen-bond donors (Lipinski definition) is 3. The van der Waals surface area contributed by atoms with Crippen LogP contribution in [0.3, 0.4) is 0 Å². The molecule has 0 spiro atoms. The monoisotopic (exact) mass is 449 g/mol. The van der Waals surface area contributed by atoms with Crippen molar-refractivity contribution in [1.82, 2.24) is 4.98 Å². The Hall–Kier alpha value is -2.32. The summed E-state index contributed by atoms with van der Waals surface area (Å²) in [5.74, 6) is 0.0373. The maximum atomic E-state index is 12.9. The molecule has 0 aliphatic carbocycles. The van der Waals surface area contributed by atoms with Gasteiger partial charge in [0.25, 0.3) is 0 Å². The molecule has 1 unspecified atom stereocenters. The molecule has 0 radical (unpaired) electrons. The van der Waals surface area contributed by atoms with Crippen LogP contribution in [0.5, 0.6) is 0 Å². The lowest BCUT2D eigenvalue weighted by molar-refractivity contribution is 0.0783. The Bertz CT molecular complexity index is 1110. The van der Waals surface area contributed by atoms with Gasteiger partial charge in [0, 0.05) is 0 Å². The maximum absolute atomic E-state index is 12.9. The van der Waals surface area contributed by atoms with Crippen LogP contribution in [0.25, 0.3) is 0 Å². The summed E-state index contributed by atoms with van der Waals surface area (Å²) in [7, 11) is -3.56. The first kappa shape index (κ1) is 24.0. The molecule has 0 saturated carbocycles. The molecule has 1 aromatic carbocycles. The smallest absolute Gasteiger partial charge is 0.354 e. The first-order valence-electron chi connectivity index (χ1n) is 9.39. The maximum Gasteiger partial charge on any atom is 0.354 e. The zero-order chi connectivity index (χ0) is 22.9. The van der Waals surface area contributed by atoms with Crippen LogP contribution in [-0.4, -0.2) is 20.3 Å². The van der Waals surface area contributed by atoms with Gasteiger partial charge in [-0.05, 0) is 42.9 Å². The predicted octanol–water partition coefficient (Wildman–Crippen LogP) is 4.42. The number of urea groups is 1. The zero-order valence-electron chi connectivity index (χ0n) is 17.9. The molecule has 8 nitrogen and oxygen atoms in total. The third kappa shape index (κ3) is 5.23. The molecule has 0 aliphatic heterocycles. The van der Waals surface area contributed by atoms with Crippen molar-refractivity contribution in [2.45, 2.75) is 63.2 Å². The van der Waals surface area contributed by atoms with Crippen LogP contribution in [0, 0.1) is 11.3 Å². The topological polar surface area (TPSA) is 141 Å². The molecule has 1 heterocycles. The van der Waals surface area contributed by atoms with Crippen molar-refractivity contribution >= 4 is 33.0 Å². The van der Waals surface area contributed by atoms with Crippen LogP contribution in [-0.2, 0) is 15.5 Å². The van der Waals surface area contributed by atoms with Gasteiger partial charge in [-0.2, -0.15) is 5.26 Å². The van der Waals surface area contributed by atoms with E-state index in [0.29, 0.717) is 21.8 Å². The molecule has 2 amide bonds. The Kier molecular flexibility index (Phi) is 7.04. The van der Waals surface area contributed by atoms with E-state index in [-0.39, 0.29) is 16.0 Å². The van der Waals surface area contributed by atoms with Crippen LogP contribution >= 0.6 is 11.3 Å². The fraction of sp³-hybridized carbons (Fsp3) is 0.450. The number of carbonyl (C=O) groups is 1. The summed E-state index contributed by atoms with van der Waals surface area (Å²) >= 11 is 0.939. The second kappa shape index (κ2) is 8.81. The summed E-state index contributed by atoms with van der Waals surface area (Å²) in [5, 5.41) is 28.4. The summed E-state index contributed by atoms with van der Waals surface area (Å²) in [6.45, 7) is 10.9. The fourth-order valence-corrected chi connectivity index (χ4v) is 4.99. The molecule has 0 saturated heterocycles. The fourth-order valence-electron chi connectivity index (χ4n) is 2.93. The van der Waals surface area contributed by atoms with E-state index >= 15 is 0 Å². The zero-order valence-corrected chi connectivity index (χ0v) is 19.5. The average Bonchev–Trinajstić information content (AvgIpc) is 3.11. The Morgan fingerprint density at radius 1 is 1.33 bits per heavy atom. The van der Waals surface area contributed by atoms with Crippen molar-refractivity contribution in [3.05, 3.63) is 40.0 Å². The van der Waals surface area contributed by atoms with Gasteiger partial charge >= 0.3 is 6.03 Å². The van der Waals surface area contributed by atoms with Gasteiger partial charge in [0.05, 0.1) is 23.5 Å². The average molecular weight is 450 g/mol. The van der Waals surface area contributed by atoms with E-state index in [9.17, 15) is 19.4 Å². The molecule has 30 heavy (non-hydrogen) atoms. The number of nitrogens with two attached hydrogens (primary N) is 1. The van der Waals surface area contributed by atoms with Crippen molar-refractivity contribution in [3.63, 3.8) is 0 Å². The van der Waals surface area contributed by atoms with Gasteiger partial charge in [0.15, 0.2) is 9.92 Å². The number of thiazole rings is 1. The number of carbonyl (C=O) groups excluding carboxylic acids is 1. The van der Waals surface area contributed by atoms with E-state index in [1.54, 1.807) is 26.0 Å². The van der Waals surface area contributed by atoms with E-state index < -0.39 is 21.5 Å². The minimum atomic E-state index is -3.56. The predicted molar refractivity (Wildman–Crippen MR) is 119 cm³/mol. The third-order valence-corrected chi connectivity index (χ3v) is 7.53. The molecule has 4 N–H and O–H groups in total. The van der Waals surface area contributed by atoms with Crippen molar-refractivity contribution < 1.29 is 14.1 Å². The SMILES string of the molecule is CC(C)c1ccc(C#N)c(C(C)C)c1NC(=O)N=S(N)(=O)c1cnc(C(C)(C)O)s1. The van der Waals surface area contributed by atoms with Crippen LogP contribution in [0.4, 0.5) is 10.5 Å². The lowest BCUT2D eigenvalue weighted by Gasteiger charge is -2.20. The van der Waals surface area contributed by atoms with Gasteiger partial charge in [-0.15, -0.1) is 15.7 Å². The minimum Gasteiger partial charge on any atom is -0.383 e. The van der Waals surface area contributed by atoms with Crippen molar-refractivity contribution in [1.29, 1.82) is 5.26 Å². The standard InChI is InChI=1S/C20H27N5O3S2/c1-11(2)14-8-7-13(9-21)16(12(3)4)17(14)24-19(26)25-30(22,28)15-10-23-18(29-15)20(5,6)27/h7-8,10-12,27H,1-6H3,(H3,22,24,25,26,28). The van der Waals surface area contributed by atoms with Crippen molar-refractivity contribution in [2.24, 2.45) is 9.50 Å². The Labute approximate surface area is 181 Å². The van der Waals surface area contributed by atoms with Gasteiger partial charge in [-0.25, -0.2) is 19.1 Å². The van der Waals surface area contributed by atoms with E-state index in [4.69, 9.17) is 5.14 Å². The number of rotatable bonds is 5. The van der Waals surface area contributed by atoms with Crippen LogP contribution < -0.4 is 10.5 Å². The lowest BCUT2D eigenvalue weighted by Crippen LogP contribution is -2.19. The van der Waals surface area contributed by atoms with Crippen LogP contribution in [0.15, 0.2) is 26.9 Å². The molecule has 0 bridgehead atoms. The van der Waals surface area contributed by atoms with E-state index in [2.05, 4.69) is 20.7 Å². The third-order valence-electron chi connectivity index (χ3n) is 4.34. The highest BCUT2D eigenvalue weighted by Crippen LogP contribution is 2.35. The number of amides is 2. The Morgan fingerprint density at radius 3 is 2.43 bits per heavy atom. The highest BCUT2D eigenvalue weighted by Gasteiger charge is 2.24. The van der Waals surface area contributed by atoms with Gasteiger partial charge < -0.3 is 10.4 Å². The number of aromatic nitrogens is 1. The second-order valence-electron chi connectivity index (χ2n) is 8.05. The molecule has 2 aromatic rings. The minimum absolute atomic E-state index is 0.0354. The molecular weight excluding hydrogens is 422 g/mol. The number of nitriles is 1. The highest BCUT2D eigenvalue weighted by atomic mass is 32.2. The van der Waals surface area contributed by atoms with Crippen molar-refractivity contribution in [3.8, 4) is 6.07 Å². The second-order valence-corrected chi connectivity index (χ2v) is 11.1. The first-order chi connectivity index (χ1) is 13.8. The highest BCUT2D eigenvalue weighted by molar-refractivity contribution is 7.93. The van der Waals surface area contributed by atoms with Crippen LogP contribution in [0.1, 0.15) is 75.1 Å². The summed E-state index contributed by atoms with van der Waals surface area (Å²) in [4.78, 5) is 16.7. The number of aliphatic hydroxyl groups is 1. The molecule has 0 aliphatic rings. The summed E-state index contributed by atoms with van der Waals surface area (Å²) < 4.78 is 16.7. The first-order valence-corrected chi connectivity index (χ1v) is 11.8. The molecule has 2 rings (SSSR count). The van der Waals surface area contributed by atoms with Gasteiger partial charge in [0.2, 0.25) is 0 Å². The van der Waals surface area contributed by atoms with E-state index in [0.717, 1.165) is 16.9 Å². The normalized spacial score (nSPS) is 13.8. The summed E-state index contributed by atoms with van der Waals surface area (Å²) in [6.07, 6.45) is 1.26. The van der Waals surface area contributed by atoms with Gasteiger partial charge in [-0.3, -0.25) is 0 Å². The molecule has 162 valence electrons. The summed E-state index contributed by atoms with van der Waals surface area (Å²) in [6, 6.07) is 4.81. The Morgan fingerprint density at radius 2 is 1.97 bits per heavy atom. The number of anilines is 1. The Balaban J connectivity index is 2.50. The molecule has 1 aromatic heterocycles. The number of benzene rings is 1. The lowest BCUT2D eigenvalue weighted by atomic mass is 9.89. The number of nitrogens with zero attached hydrogens (tertiary/aromatic N) is 3. The summed E-state index contributed by atoms with van der Waals surface area (Å²) in [5.41, 5.74) is 1.25. The number of hydrogen-bond acceptors (Lipinski definition) is 6. The van der Waals surface area contributed by atoms with E-state index in [1.165, 1.54) is 6.20 Å². The quantitative estimate of drug-likeness (QED) is 0.619. The number of nitrogens with one attached hydrogen (secondary N) is 1.